The highest BCUT2D eigenvalue weighted by atomic mass is 16.5. The first-order valence-electron chi connectivity index (χ1n) is 5.15. The van der Waals surface area contributed by atoms with E-state index in [4.69, 9.17) is 0 Å². The maximum atomic E-state index is 11.2. The van der Waals surface area contributed by atoms with Crippen LogP contribution in [-0.4, -0.2) is 13.1 Å². The van der Waals surface area contributed by atoms with Crippen LogP contribution >= 0.6 is 0 Å². The minimum atomic E-state index is -0.253. The Labute approximate surface area is 84.6 Å². The lowest BCUT2D eigenvalue weighted by Gasteiger charge is -2.17. The highest BCUT2D eigenvalue weighted by Crippen LogP contribution is 2.45. The number of ether oxygens (including phenoxy) is 1. The zero-order valence-corrected chi connectivity index (χ0v) is 8.53. The Morgan fingerprint density at radius 2 is 2.29 bits per heavy atom. The maximum absolute atomic E-state index is 11.2. The van der Waals surface area contributed by atoms with Crippen molar-refractivity contribution in [2.24, 2.45) is 17.8 Å². The number of carbonyl (C=O) groups is 1. The summed E-state index contributed by atoms with van der Waals surface area (Å²) in [6.07, 6.45) is 7.90. The Morgan fingerprint density at radius 1 is 1.50 bits per heavy atom. The Hall–Kier alpha value is -1.05. The van der Waals surface area contributed by atoms with Crippen molar-refractivity contribution in [3.05, 3.63) is 24.3 Å². The number of hydrogen-bond acceptors (Lipinski definition) is 2. The average molecular weight is 192 g/mol. The first-order chi connectivity index (χ1) is 6.70. The van der Waals surface area contributed by atoms with Crippen molar-refractivity contribution in [2.45, 2.75) is 19.3 Å². The lowest BCUT2D eigenvalue weighted by atomic mass is 9.88. The summed E-state index contributed by atoms with van der Waals surface area (Å²) in [5, 5.41) is 0. The molecule has 3 atom stereocenters. The van der Waals surface area contributed by atoms with E-state index in [0.29, 0.717) is 17.4 Å². The van der Waals surface area contributed by atoms with Gasteiger partial charge in [-0.1, -0.05) is 18.7 Å². The van der Waals surface area contributed by atoms with Gasteiger partial charge in [0.1, 0.15) is 0 Å². The van der Waals surface area contributed by atoms with Crippen LogP contribution in [0.5, 0.6) is 0 Å². The molecule has 0 aromatic heterocycles. The van der Waals surface area contributed by atoms with Crippen molar-refractivity contribution < 1.29 is 9.53 Å². The molecule has 0 aromatic carbocycles. The van der Waals surface area contributed by atoms with Crippen molar-refractivity contribution in [2.75, 3.05) is 7.11 Å². The molecule has 0 aliphatic heterocycles. The standard InChI is InChI=1S/C12H16O2/c1-8(12(13)14-2)5-11-7-9-3-4-10(11)6-9/h3-4,9-11H,1,5-7H2,2H3. The van der Waals surface area contributed by atoms with E-state index in [2.05, 4.69) is 23.5 Å². The van der Waals surface area contributed by atoms with Gasteiger partial charge >= 0.3 is 5.97 Å². The molecule has 76 valence electrons. The summed E-state index contributed by atoms with van der Waals surface area (Å²) < 4.78 is 4.65. The quantitative estimate of drug-likeness (QED) is 0.389. The molecule has 2 heteroatoms. The van der Waals surface area contributed by atoms with Crippen molar-refractivity contribution >= 4 is 5.97 Å². The third kappa shape index (κ3) is 1.61. The predicted molar refractivity (Wildman–Crippen MR) is 54.6 cm³/mol. The first kappa shape index (κ1) is 9.50. The average Bonchev–Trinajstić information content (AvgIpc) is 2.77. The summed E-state index contributed by atoms with van der Waals surface area (Å²) in [5.41, 5.74) is 0.624. The van der Waals surface area contributed by atoms with E-state index in [-0.39, 0.29) is 5.97 Å². The third-order valence-corrected chi connectivity index (χ3v) is 3.40. The largest absolute Gasteiger partial charge is 0.466 e. The summed E-state index contributed by atoms with van der Waals surface area (Å²) in [6, 6.07) is 0. The van der Waals surface area contributed by atoms with Crippen LogP contribution in [-0.2, 0) is 9.53 Å². The van der Waals surface area contributed by atoms with Gasteiger partial charge < -0.3 is 4.74 Å². The smallest absolute Gasteiger partial charge is 0.333 e. The molecular weight excluding hydrogens is 176 g/mol. The minimum Gasteiger partial charge on any atom is -0.466 e. The lowest BCUT2D eigenvalue weighted by molar-refractivity contribution is -0.136. The SMILES string of the molecule is C=C(CC1CC2C=CC1C2)C(=O)OC. The van der Waals surface area contributed by atoms with Crippen molar-refractivity contribution in [1.82, 2.24) is 0 Å². The van der Waals surface area contributed by atoms with Gasteiger partial charge in [-0.2, -0.15) is 0 Å². The molecule has 1 saturated carbocycles. The van der Waals surface area contributed by atoms with Gasteiger partial charge in [0.2, 0.25) is 0 Å². The molecule has 0 heterocycles. The number of fused-ring (bicyclic) bond motifs is 2. The molecule has 0 aromatic rings. The van der Waals surface area contributed by atoms with Crippen molar-refractivity contribution in [3.8, 4) is 0 Å². The maximum Gasteiger partial charge on any atom is 0.333 e. The summed E-state index contributed by atoms with van der Waals surface area (Å²) in [6.45, 7) is 3.77. The Balaban J connectivity index is 1.90. The van der Waals surface area contributed by atoms with E-state index < -0.39 is 0 Å². The van der Waals surface area contributed by atoms with Crippen LogP contribution in [0.15, 0.2) is 24.3 Å². The van der Waals surface area contributed by atoms with Gasteiger partial charge in [0.15, 0.2) is 0 Å². The second-order valence-electron chi connectivity index (χ2n) is 4.34. The van der Waals surface area contributed by atoms with Crippen LogP contribution < -0.4 is 0 Å². The molecule has 0 radical (unpaired) electrons. The molecule has 2 aliphatic rings. The monoisotopic (exact) mass is 192 g/mol. The first-order valence-corrected chi connectivity index (χ1v) is 5.15. The molecule has 2 rings (SSSR count). The number of hydrogen-bond donors (Lipinski definition) is 0. The number of methoxy groups -OCH3 is 1. The van der Waals surface area contributed by atoms with Crippen molar-refractivity contribution in [3.63, 3.8) is 0 Å². The van der Waals surface area contributed by atoms with Crippen LogP contribution in [0.1, 0.15) is 19.3 Å². The molecule has 1 fully saturated rings. The third-order valence-electron chi connectivity index (χ3n) is 3.40. The van der Waals surface area contributed by atoms with E-state index in [1.807, 2.05) is 0 Å². The Kier molecular flexibility index (Phi) is 2.44. The van der Waals surface area contributed by atoms with Gasteiger partial charge in [0, 0.05) is 5.57 Å². The molecule has 0 saturated heterocycles. The summed E-state index contributed by atoms with van der Waals surface area (Å²) in [4.78, 5) is 11.2. The van der Waals surface area contributed by atoms with Gasteiger partial charge in [0.05, 0.1) is 7.11 Å². The highest BCUT2D eigenvalue weighted by molar-refractivity contribution is 5.87. The number of allylic oxidation sites excluding steroid dienone is 2. The molecule has 14 heavy (non-hydrogen) atoms. The molecule has 0 amide bonds. The fourth-order valence-electron chi connectivity index (χ4n) is 2.67. The van der Waals surface area contributed by atoms with Gasteiger partial charge in [-0.25, -0.2) is 4.79 Å². The molecule has 2 nitrogen and oxygen atoms in total. The molecule has 3 unspecified atom stereocenters. The second kappa shape index (κ2) is 3.60. The summed E-state index contributed by atoms with van der Waals surface area (Å²) in [5.74, 6) is 1.81. The summed E-state index contributed by atoms with van der Waals surface area (Å²) >= 11 is 0. The van der Waals surface area contributed by atoms with E-state index >= 15 is 0 Å². The molecular formula is C12H16O2. The number of rotatable bonds is 3. The molecule has 0 spiro atoms. The molecule has 0 N–H and O–H groups in total. The van der Waals surface area contributed by atoms with Crippen LogP contribution in [0.25, 0.3) is 0 Å². The minimum absolute atomic E-state index is 0.253. The fraction of sp³-hybridized carbons (Fsp3) is 0.583. The van der Waals surface area contributed by atoms with Gasteiger partial charge in [0.25, 0.3) is 0 Å². The van der Waals surface area contributed by atoms with E-state index in [1.165, 1.54) is 20.0 Å². The fourth-order valence-corrected chi connectivity index (χ4v) is 2.67. The highest BCUT2D eigenvalue weighted by Gasteiger charge is 2.36. The van der Waals surface area contributed by atoms with E-state index in [0.717, 1.165) is 12.3 Å². The van der Waals surface area contributed by atoms with Gasteiger partial charge in [-0.15, -0.1) is 0 Å². The van der Waals surface area contributed by atoms with Gasteiger partial charge in [-0.05, 0) is 37.0 Å². The number of carbonyl (C=O) groups excluding carboxylic acids is 1. The summed E-state index contributed by atoms with van der Waals surface area (Å²) in [7, 11) is 1.41. The van der Waals surface area contributed by atoms with Crippen LogP contribution in [0, 0.1) is 17.8 Å². The van der Waals surface area contributed by atoms with Crippen LogP contribution in [0.4, 0.5) is 0 Å². The normalized spacial score (nSPS) is 33.4. The zero-order valence-electron chi connectivity index (χ0n) is 8.53. The van der Waals surface area contributed by atoms with E-state index in [9.17, 15) is 4.79 Å². The zero-order chi connectivity index (χ0) is 10.1. The molecule has 2 aliphatic carbocycles. The topological polar surface area (TPSA) is 26.3 Å². The van der Waals surface area contributed by atoms with Gasteiger partial charge in [-0.3, -0.25) is 0 Å². The predicted octanol–water partition coefficient (Wildman–Crippen LogP) is 2.32. The van der Waals surface area contributed by atoms with E-state index in [1.54, 1.807) is 0 Å². The number of esters is 1. The molecule has 2 bridgehead atoms. The lowest BCUT2D eigenvalue weighted by Crippen LogP contribution is -2.12. The van der Waals surface area contributed by atoms with Crippen LogP contribution in [0.2, 0.25) is 0 Å². The second-order valence-corrected chi connectivity index (χ2v) is 4.34. The Morgan fingerprint density at radius 3 is 2.79 bits per heavy atom. The Bertz CT molecular complexity index is 291. The van der Waals surface area contributed by atoms with Crippen LogP contribution in [0.3, 0.4) is 0 Å². The van der Waals surface area contributed by atoms with Crippen molar-refractivity contribution in [1.29, 1.82) is 0 Å².